The van der Waals surface area contributed by atoms with Crippen molar-refractivity contribution >= 4 is 8.07 Å². The molecule has 1 aromatic rings. The Kier molecular flexibility index (Phi) is 9.99. The van der Waals surface area contributed by atoms with Gasteiger partial charge in [-0.05, 0) is 30.5 Å². The van der Waals surface area contributed by atoms with Gasteiger partial charge in [-0.1, -0.05) is 80.5 Å². The Morgan fingerprint density at radius 1 is 1.03 bits per heavy atom. The number of methoxy groups -OCH3 is 1. The Morgan fingerprint density at radius 2 is 1.76 bits per heavy atom. The average molecular weight is 471 g/mol. The molecule has 3 rings (SSSR count). The van der Waals surface area contributed by atoms with E-state index in [4.69, 9.17) is 18.9 Å². The van der Waals surface area contributed by atoms with Gasteiger partial charge in [0, 0.05) is 13.0 Å². The summed E-state index contributed by atoms with van der Waals surface area (Å²) in [5.41, 5.74) is 1.15. The fourth-order valence-corrected chi connectivity index (χ4v) is 9.17. The first-order valence-electron chi connectivity index (χ1n) is 12.6. The van der Waals surface area contributed by atoms with E-state index >= 15 is 0 Å². The van der Waals surface area contributed by atoms with Crippen LogP contribution in [0.3, 0.4) is 0 Å². The van der Waals surface area contributed by atoms with E-state index in [0.717, 1.165) is 30.6 Å². The molecule has 4 atom stereocenters. The summed E-state index contributed by atoms with van der Waals surface area (Å²) >= 11 is 0. The third-order valence-corrected chi connectivity index (χ3v) is 13.3. The summed E-state index contributed by atoms with van der Waals surface area (Å²) in [4.78, 5) is 0. The molecule has 0 unspecified atom stereocenters. The first-order chi connectivity index (χ1) is 16.1. The van der Waals surface area contributed by atoms with E-state index in [2.05, 4.69) is 57.7 Å². The summed E-state index contributed by atoms with van der Waals surface area (Å²) in [6.07, 6.45) is 11.7. The normalized spacial score (nSPS) is 25.2. The van der Waals surface area contributed by atoms with Gasteiger partial charge in [0.25, 0.3) is 0 Å². The predicted octanol–water partition coefficient (Wildman–Crippen LogP) is 6.63. The molecule has 0 N–H and O–H groups in total. The highest BCUT2D eigenvalue weighted by atomic mass is 28.3. The Bertz CT molecular complexity index is 788. The molecule has 0 saturated heterocycles. The lowest BCUT2D eigenvalue weighted by molar-refractivity contribution is -0.0936. The molecule has 4 nitrogen and oxygen atoms in total. The molecular weight excluding hydrogens is 428 g/mol. The number of rotatable bonds is 12. The second-order valence-electron chi connectivity index (χ2n) is 9.19. The highest BCUT2D eigenvalue weighted by molar-refractivity contribution is 6.86. The zero-order valence-electron chi connectivity index (χ0n) is 20.9. The van der Waals surface area contributed by atoms with Crippen LogP contribution in [0.5, 0.6) is 5.75 Å². The molecule has 5 heteroatoms. The van der Waals surface area contributed by atoms with Crippen molar-refractivity contribution in [2.24, 2.45) is 0 Å². The third-order valence-electron chi connectivity index (χ3n) is 7.46. The molecule has 2 aliphatic rings. The Hall–Kier alpha value is -1.66. The van der Waals surface area contributed by atoms with Crippen LogP contribution in [-0.4, -0.2) is 46.2 Å². The van der Waals surface area contributed by atoms with Crippen LogP contribution in [0.2, 0.25) is 18.1 Å². The highest BCUT2D eigenvalue weighted by Gasteiger charge is 2.39. The topological polar surface area (TPSA) is 36.9 Å². The Morgan fingerprint density at radius 3 is 2.39 bits per heavy atom. The largest absolute Gasteiger partial charge is 0.497 e. The maximum Gasteiger partial charge on any atom is 0.118 e. The van der Waals surface area contributed by atoms with Gasteiger partial charge in [0.1, 0.15) is 11.9 Å². The van der Waals surface area contributed by atoms with E-state index in [-0.39, 0.29) is 24.4 Å². The van der Waals surface area contributed by atoms with Crippen molar-refractivity contribution in [2.45, 2.75) is 89.2 Å². The zero-order valence-corrected chi connectivity index (χ0v) is 21.9. The SMILES string of the molecule is C=CC[C@@H]1C=C[C@@H]2O[C@H](CCOCc3ccc(OC)cc3)C=C([Si](CC)(CC)CC)C[C@H]2O1. The molecule has 0 radical (unpaired) electrons. The van der Waals surface area contributed by atoms with E-state index < -0.39 is 8.07 Å². The van der Waals surface area contributed by atoms with Crippen LogP contribution in [0, 0.1) is 0 Å². The summed E-state index contributed by atoms with van der Waals surface area (Å²) in [5, 5.41) is 1.63. The number of hydrogen-bond donors (Lipinski definition) is 0. The molecule has 1 aromatic carbocycles. The fourth-order valence-electron chi connectivity index (χ4n) is 5.14. The van der Waals surface area contributed by atoms with E-state index in [1.54, 1.807) is 12.3 Å². The maximum atomic E-state index is 6.59. The summed E-state index contributed by atoms with van der Waals surface area (Å²) in [7, 11) is 0.172. The lowest BCUT2D eigenvalue weighted by atomic mass is 10.0. The van der Waals surface area contributed by atoms with Crippen LogP contribution >= 0.6 is 0 Å². The van der Waals surface area contributed by atoms with E-state index in [9.17, 15) is 0 Å². The van der Waals surface area contributed by atoms with Gasteiger partial charge in [-0.2, -0.15) is 0 Å². The third kappa shape index (κ3) is 6.69. The van der Waals surface area contributed by atoms with Crippen molar-refractivity contribution in [3.8, 4) is 5.75 Å². The first-order valence-corrected chi connectivity index (χ1v) is 15.2. The quantitative estimate of drug-likeness (QED) is 0.195. The average Bonchev–Trinajstić information content (AvgIpc) is 3.03. The second-order valence-corrected chi connectivity index (χ2v) is 14.5. The van der Waals surface area contributed by atoms with Crippen molar-refractivity contribution in [3.63, 3.8) is 0 Å². The molecule has 0 bridgehead atoms. The molecule has 0 aliphatic carbocycles. The molecule has 182 valence electrons. The van der Waals surface area contributed by atoms with Gasteiger partial charge < -0.3 is 18.9 Å². The highest BCUT2D eigenvalue weighted by Crippen LogP contribution is 2.37. The number of ether oxygens (including phenoxy) is 4. The number of benzene rings is 1. The van der Waals surface area contributed by atoms with Crippen LogP contribution in [0.1, 0.15) is 45.6 Å². The van der Waals surface area contributed by atoms with Gasteiger partial charge in [0.15, 0.2) is 0 Å². The summed E-state index contributed by atoms with van der Waals surface area (Å²) in [6, 6.07) is 11.9. The lowest BCUT2D eigenvalue weighted by Crippen LogP contribution is -2.40. The molecule has 0 saturated carbocycles. The van der Waals surface area contributed by atoms with Crippen molar-refractivity contribution in [3.05, 3.63) is 65.9 Å². The smallest absolute Gasteiger partial charge is 0.118 e. The molecular formula is C28H42O4Si. The van der Waals surface area contributed by atoms with Gasteiger partial charge in [-0.15, -0.1) is 6.58 Å². The lowest BCUT2D eigenvalue weighted by Gasteiger charge is -2.35. The second kappa shape index (κ2) is 12.7. The van der Waals surface area contributed by atoms with Crippen LogP contribution < -0.4 is 4.74 Å². The Labute approximate surface area is 201 Å². The van der Waals surface area contributed by atoms with Gasteiger partial charge in [-0.25, -0.2) is 0 Å². The molecule has 2 aliphatic heterocycles. The standard InChI is InChI=1S/C28H42O4Si/c1-6-10-24-15-16-27-28(31-24)20-26(33(7-2,8-3)9-4)19-25(32-27)17-18-30-21-22-11-13-23(29-5)14-12-22/h6,11-16,19,24-25,27-28H,1,7-10,17-18,20-21H2,2-5H3/t24-,25-,27+,28-/m1/s1. The van der Waals surface area contributed by atoms with Crippen molar-refractivity contribution in [2.75, 3.05) is 13.7 Å². The van der Waals surface area contributed by atoms with Crippen LogP contribution in [0.25, 0.3) is 0 Å². The first kappa shape index (κ1) is 26.0. The Balaban J connectivity index is 1.69. The van der Waals surface area contributed by atoms with Gasteiger partial charge in [0.05, 0.1) is 40.1 Å². The van der Waals surface area contributed by atoms with E-state index in [1.807, 2.05) is 18.2 Å². The molecule has 0 amide bonds. The molecule has 0 fully saturated rings. The van der Waals surface area contributed by atoms with Crippen molar-refractivity contribution < 1.29 is 18.9 Å². The van der Waals surface area contributed by atoms with Crippen LogP contribution in [0.15, 0.2) is 60.3 Å². The van der Waals surface area contributed by atoms with Gasteiger partial charge in [-0.3, -0.25) is 0 Å². The minimum atomic E-state index is -1.51. The summed E-state index contributed by atoms with van der Waals surface area (Å²) < 4.78 is 24.3. The van der Waals surface area contributed by atoms with Crippen LogP contribution in [-0.2, 0) is 20.8 Å². The predicted molar refractivity (Wildman–Crippen MR) is 138 cm³/mol. The monoisotopic (exact) mass is 470 g/mol. The number of hydrogen-bond acceptors (Lipinski definition) is 4. The molecule has 0 aromatic heterocycles. The van der Waals surface area contributed by atoms with Crippen molar-refractivity contribution in [1.29, 1.82) is 0 Å². The van der Waals surface area contributed by atoms with Crippen molar-refractivity contribution in [1.82, 2.24) is 0 Å². The van der Waals surface area contributed by atoms with Crippen LogP contribution in [0.4, 0.5) is 0 Å². The molecule has 2 heterocycles. The summed E-state index contributed by atoms with van der Waals surface area (Å²) in [5.74, 6) is 0.867. The zero-order chi connectivity index (χ0) is 23.7. The fraction of sp³-hybridized carbons (Fsp3) is 0.571. The minimum Gasteiger partial charge on any atom is -0.497 e. The molecule has 0 spiro atoms. The number of fused-ring (bicyclic) bond motifs is 1. The summed E-state index contributed by atoms with van der Waals surface area (Å²) in [6.45, 7) is 12.3. The minimum absolute atomic E-state index is 0.00340. The van der Waals surface area contributed by atoms with Gasteiger partial charge >= 0.3 is 0 Å². The van der Waals surface area contributed by atoms with E-state index in [0.29, 0.717) is 13.2 Å². The van der Waals surface area contributed by atoms with Gasteiger partial charge in [0.2, 0.25) is 0 Å². The maximum absolute atomic E-state index is 6.59. The molecule has 33 heavy (non-hydrogen) atoms. The van der Waals surface area contributed by atoms with E-state index in [1.165, 1.54) is 18.1 Å².